The number of unbranched alkanes of at least 4 members (excludes halogenated alkanes) is 1. The van der Waals surface area contributed by atoms with Crippen LogP contribution >= 0.6 is 24.0 Å². The van der Waals surface area contributed by atoms with Crippen LogP contribution in [0.2, 0.25) is 0 Å². The second kappa shape index (κ2) is 10.7. The molecule has 8 heteroatoms. The lowest BCUT2D eigenvalue weighted by Crippen LogP contribution is -2.52. The van der Waals surface area contributed by atoms with E-state index in [9.17, 15) is 9.59 Å². The van der Waals surface area contributed by atoms with Crippen molar-refractivity contribution in [3.8, 4) is 0 Å². The third-order valence-electron chi connectivity index (χ3n) is 4.88. The topological polar surface area (TPSA) is 102 Å². The molecule has 2 atom stereocenters. The van der Waals surface area contributed by atoms with Crippen LogP contribution in [-0.2, 0) is 16.0 Å². The van der Waals surface area contributed by atoms with Crippen LogP contribution in [-0.4, -0.2) is 34.6 Å². The molecule has 1 amide bonds. The van der Waals surface area contributed by atoms with E-state index in [1.807, 2.05) is 54.6 Å². The van der Waals surface area contributed by atoms with Crippen molar-refractivity contribution in [1.82, 2.24) is 4.98 Å². The summed E-state index contributed by atoms with van der Waals surface area (Å²) >= 11 is 5.48. The molecule has 0 aliphatic rings. The second-order valence-electron chi connectivity index (χ2n) is 7.11. The highest BCUT2D eigenvalue weighted by Crippen LogP contribution is 2.31. The van der Waals surface area contributed by atoms with E-state index in [0.717, 1.165) is 28.6 Å². The average Bonchev–Trinajstić information content (AvgIpc) is 3.17. The van der Waals surface area contributed by atoms with Gasteiger partial charge in [-0.1, -0.05) is 60.2 Å². The van der Waals surface area contributed by atoms with Crippen molar-refractivity contribution in [1.29, 1.82) is 0 Å². The summed E-state index contributed by atoms with van der Waals surface area (Å²) in [6.07, 6.45) is 2.37. The van der Waals surface area contributed by atoms with Gasteiger partial charge in [0.2, 0.25) is 11.0 Å². The molecular weight excluding hydrogens is 416 g/mol. The standard InChI is InChI=1S/C22H26N4O2S2/c23-13-7-6-10-16(24)20(27)26(22-25-17-11-4-5-12-19(17)30-22)18(21(28)29)14-15-8-2-1-3-9-15/h1-5,8-9,11-12,16,18H,6-7,10,13-14,23-24H2,(H,28,29)/t16-,18-/m1/s1. The number of carbonyl (C=O) groups is 2. The summed E-state index contributed by atoms with van der Waals surface area (Å²) in [5, 5.41) is 0.0550. The number of rotatable bonds is 10. The van der Waals surface area contributed by atoms with Crippen LogP contribution in [0.5, 0.6) is 0 Å². The molecule has 3 aromatic rings. The fourth-order valence-electron chi connectivity index (χ4n) is 3.28. The highest BCUT2D eigenvalue weighted by Gasteiger charge is 2.34. The largest absolute Gasteiger partial charge is 0.330 e. The molecule has 1 aromatic heterocycles. The lowest BCUT2D eigenvalue weighted by molar-refractivity contribution is -0.122. The van der Waals surface area contributed by atoms with Gasteiger partial charge in [0.1, 0.15) is 6.04 Å². The molecule has 0 aliphatic heterocycles. The maximum atomic E-state index is 13.4. The lowest BCUT2D eigenvalue weighted by Gasteiger charge is -2.30. The number of para-hydroxylation sites is 1. The molecule has 4 N–H and O–H groups in total. The summed E-state index contributed by atoms with van der Waals surface area (Å²) in [7, 11) is 0. The van der Waals surface area contributed by atoms with Crippen LogP contribution in [0.1, 0.15) is 24.8 Å². The first kappa shape index (κ1) is 22.4. The summed E-state index contributed by atoms with van der Waals surface area (Å²) in [6.45, 7) is 0.550. The summed E-state index contributed by atoms with van der Waals surface area (Å²) < 4.78 is 0.937. The number of fused-ring (bicyclic) bond motifs is 1. The number of amides is 1. The van der Waals surface area contributed by atoms with E-state index in [1.54, 1.807) is 0 Å². The summed E-state index contributed by atoms with van der Waals surface area (Å²) in [4.78, 5) is 32.0. The number of carbonyl (C=O) groups excluding carboxylic acids is 2. The Kier molecular flexibility index (Phi) is 7.98. The Morgan fingerprint density at radius 3 is 2.43 bits per heavy atom. The first-order valence-electron chi connectivity index (χ1n) is 9.92. The monoisotopic (exact) mass is 442 g/mol. The van der Waals surface area contributed by atoms with Gasteiger partial charge in [0, 0.05) is 6.42 Å². The molecule has 3 rings (SSSR count). The summed E-state index contributed by atoms with van der Waals surface area (Å²) in [5.74, 6) is -0.325. The zero-order valence-electron chi connectivity index (χ0n) is 16.6. The zero-order valence-corrected chi connectivity index (χ0v) is 18.3. The Morgan fingerprint density at radius 2 is 1.77 bits per heavy atom. The van der Waals surface area contributed by atoms with Gasteiger partial charge in [-0.2, -0.15) is 0 Å². The third kappa shape index (κ3) is 5.46. The molecule has 0 radical (unpaired) electrons. The van der Waals surface area contributed by atoms with E-state index < -0.39 is 17.2 Å². The highest BCUT2D eigenvalue weighted by molar-refractivity contribution is 7.96. The number of aromatic nitrogens is 1. The van der Waals surface area contributed by atoms with Crippen LogP contribution in [0.3, 0.4) is 0 Å². The van der Waals surface area contributed by atoms with E-state index in [-0.39, 0.29) is 5.91 Å². The first-order chi connectivity index (χ1) is 14.5. The number of hydrogen-bond donors (Lipinski definition) is 3. The molecule has 2 aromatic carbocycles. The first-order valence-corrected chi connectivity index (χ1v) is 11.2. The van der Waals surface area contributed by atoms with Crippen molar-refractivity contribution >= 4 is 50.3 Å². The van der Waals surface area contributed by atoms with Gasteiger partial charge in [-0.15, -0.1) is 12.6 Å². The third-order valence-corrected chi connectivity index (χ3v) is 6.21. The van der Waals surface area contributed by atoms with E-state index in [4.69, 9.17) is 11.5 Å². The molecule has 0 unspecified atom stereocenters. The van der Waals surface area contributed by atoms with Gasteiger partial charge < -0.3 is 11.5 Å². The van der Waals surface area contributed by atoms with Gasteiger partial charge in [0.05, 0.1) is 16.3 Å². The predicted octanol–water partition coefficient (Wildman–Crippen LogP) is 3.15. The fraction of sp³-hybridized carbons (Fsp3) is 0.318. The van der Waals surface area contributed by atoms with Crippen LogP contribution in [0, 0.1) is 0 Å². The van der Waals surface area contributed by atoms with Crippen LogP contribution in [0.15, 0.2) is 54.6 Å². The van der Waals surface area contributed by atoms with Gasteiger partial charge in [0.15, 0.2) is 5.13 Å². The van der Waals surface area contributed by atoms with E-state index >= 15 is 0 Å². The minimum Gasteiger partial charge on any atom is -0.330 e. The van der Waals surface area contributed by atoms with Gasteiger partial charge in [0.25, 0.3) is 0 Å². The molecule has 0 fully saturated rings. The fourth-order valence-corrected chi connectivity index (χ4v) is 4.51. The van der Waals surface area contributed by atoms with Crippen molar-refractivity contribution in [2.24, 2.45) is 11.5 Å². The molecular formula is C22H26N4O2S2. The average molecular weight is 443 g/mol. The smallest absolute Gasteiger partial charge is 0.246 e. The molecule has 0 bridgehead atoms. The Bertz CT molecular complexity index is 960. The molecule has 1 heterocycles. The number of hydrogen-bond acceptors (Lipinski definition) is 6. The number of nitrogens with zero attached hydrogens (tertiary/aromatic N) is 2. The molecule has 0 saturated heterocycles. The zero-order chi connectivity index (χ0) is 21.5. The maximum Gasteiger partial charge on any atom is 0.246 e. The van der Waals surface area contributed by atoms with Crippen molar-refractivity contribution in [2.45, 2.75) is 37.8 Å². The van der Waals surface area contributed by atoms with Crippen LogP contribution in [0.25, 0.3) is 10.2 Å². The highest BCUT2D eigenvalue weighted by atomic mass is 32.1. The molecule has 0 aliphatic carbocycles. The van der Waals surface area contributed by atoms with Crippen molar-refractivity contribution in [3.63, 3.8) is 0 Å². The Hall–Kier alpha value is -2.26. The lowest BCUT2D eigenvalue weighted by atomic mass is 10.0. The van der Waals surface area contributed by atoms with E-state index in [1.165, 1.54) is 16.2 Å². The number of benzene rings is 2. The SMILES string of the molecule is NCCCC[C@@H](N)C(=O)N(c1nc2ccccc2s1)[C@H](Cc1ccccc1)C(=O)S. The Morgan fingerprint density at radius 1 is 1.07 bits per heavy atom. The predicted molar refractivity (Wildman–Crippen MR) is 126 cm³/mol. The minimum absolute atomic E-state index is 0.325. The second-order valence-corrected chi connectivity index (χ2v) is 8.56. The number of anilines is 1. The Labute approximate surface area is 185 Å². The van der Waals surface area contributed by atoms with Crippen molar-refractivity contribution in [2.75, 3.05) is 11.4 Å². The number of thiol groups is 1. The van der Waals surface area contributed by atoms with Crippen molar-refractivity contribution < 1.29 is 9.59 Å². The molecule has 158 valence electrons. The number of nitrogens with two attached hydrogens (primary N) is 2. The van der Waals surface area contributed by atoms with E-state index in [0.29, 0.717) is 24.5 Å². The minimum atomic E-state index is -0.802. The van der Waals surface area contributed by atoms with Gasteiger partial charge >= 0.3 is 0 Å². The number of thiazole rings is 1. The molecule has 6 nitrogen and oxygen atoms in total. The van der Waals surface area contributed by atoms with Crippen LogP contribution < -0.4 is 16.4 Å². The van der Waals surface area contributed by atoms with Gasteiger partial charge in [-0.25, -0.2) is 4.98 Å². The normalized spacial score (nSPS) is 13.2. The van der Waals surface area contributed by atoms with Gasteiger partial charge in [-0.05, 0) is 37.1 Å². The van der Waals surface area contributed by atoms with Crippen LogP contribution in [0.4, 0.5) is 5.13 Å². The summed E-state index contributed by atoms with van der Waals surface area (Å²) in [5.41, 5.74) is 13.5. The summed E-state index contributed by atoms with van der Waals surface area (Å²) in [6, 6.07) is 15.6. The Balaban J connectivity index is 1.98. The molecule has 0 spiro atoms. The van der Waals surface area contributed by atoms with Crippen molar-refractivity contribution in [3.05, 3.63) is 60.2 Å². The quantitative estimate of drug-likeness (QED) is 0.331. The van der Waals surface area contributed by atoms with E-state index in [2.05, 4.69) is 17.6 Å². The maximum absolute atomic E-state index is 13.4. The molecule has 0 saturated carbocycles. The van der Waals surface area contributed by atoms with Gasteiger partial charge in [-0.3, -0.25) is 14.5 Å². The molecule has 30 heavy (non-hydrogen) atoms.